The van der Waals surface area contributed by atoms with Crippen molar-refractivity contribution in [1.82, 2.24) is 10.2 Å². The molecule has 0 aliphatic heterocycles. The van der Waals surface area contributed by atoms with Gasteiger partial charge >= 0.3 is 0 Å². The molecular weight excluding hydrogens is 577 g/mol. The Morgan fingerprint density at radius 2 is 1.64 bits per heavy atom. The number of nitrogens with zero attached hydrogens (tertiary/aromatic N) is 2. The van der Waals surface area contributed by atoms with Crippen molar-refractivity contribution in [3.63, 3.8) is 0 Å². The van der Waals surface area contributed by atoms with Crippen molar-refractivity contribution in [1.29, 1.82) is 0 Å². The van der Waals surface area contributed by atoms with Crippen molar-refractivity contribution in [2.75, 3.05) is 17.1 Å². The largest absolute Gasteiger partial charge is 0.352 e. The predicted octanol–water partition coefficient (Wildman–Crippen LogP) is 6.08. The van der Waals surface area contributed by atoms with Crippen molar-refractivity contribution in [3.05, 3.63) is 101 Å². The molecule has 3 aromatic rings. The number of nitrogens with one attached hydrogen (secondary N) is 1. The average molecular weight is 622 g/mol. The number of carbonyl (C=O) groups is 2. The second kappa shape index (κ2) is 15.3. The van der Waals surface area contributed by atoms with Crippen LogP contribution in [-0.2, 0) is 32.6 Å². The van der Waals surface area contributed by atoms with E-state index < -0.39 is 21.9 Å². The maximum atomic E-state index is 14.9. The first-order valence-corrected chi connectivity index (χ1v) is 17.3. The van der Waals surface area contributed by atoms with Gasteiger partial charge < -0.3 is 10.2 Å². The van der Waals surface area contributed by atoms with Crippen LogP contribution in [0.3, 0.4) is 0 Å². The summed E-state index contributed by atoms with van der Waals surface area (Å²) in [6.07, 6.45) is 6.68. The zero-order chi connectivity index (χ0) is 31.7. The zero-order valence-electron chi connectivity index (χ0n) is 26.0. The fourth-order valence-corrected chi connectivity index (χ4v) is 6.89. The van der Waals surface area contributed by atoms with Crippen LogP contribution in [0, 0.1) is 19.7 Å². The topological polar surface area (TPSA) is 86.8 Å². The van der Waals surface area contributed by atoms with Crippen molar-refractivity contribution in [2.45, 2.75) is 83.8 Å². The van der Waals surface area contributed by atoms with Gasteiger partial charge in [-0.05, 0) is 61.9 Å². The van der Waals surface area contributed by atoms with E-state index >= 15 is 0 Å². The summed E-state index contributed by atoms with van der Waals surface area (Å²) in [4.78, 5) is 29.4. The predicted molar refractivity (Wildman–Crippen MR) is 173 cm³/mol. The first-order valence-electron chi connectivity index (χ1n) is 15.4. The minimum absolute atomic E-state index is 0.00661. The van der Waals surface area contributed by atoms with Crippen LogP contribution in [-0.4, -0.2) is 50.0 Å². The van der Waals surface area contributed by atoms with Gasteiger partial charge in [0.15, 0.2) is 0 Å². The summed E-state index contributed by atoms with van der Waals surface area (Å²) in [5.41, 5.74) is 3.53. The summed E-state index contributed by atoms with van der Waals surface area (Å²) in [5, 5.41) is 3.19. The van der Waals surface area contributed by atoms with E-state index in [2.05, 4.69) is 5.32 Å². The lowest BCUT2D eigenvalue weighted by Crippen LogP contribution is -2.53. The van der Waals surface area contributed by atoms with E-state index in [0.29, 0.717) is 11.3 Å². The number of hydrogen-bond donors (Lipinski definition) is 1. The van der Waals surface area contributed by atoms with Crippen molar-refractivity contribution in [2.24, 2.45) is 0 Å². The Morgan fingerprint density at radius 3 is 2.32 bits per heavy atom. The number of amides is 2. The fraction of sp³-hybridized carbons (Fsp3) is 0.429. The SMILES string of the molecule is Cc1ccc(C)c(N(CCCC(=O)N(Cc2ccccc2F)[C@H](Cc2ccccc2)C(=O)NC2CCCCC2)S(C)(=O)=O)c1. The van der Waals surface area contributed by atoms with Gasteiger partial charge in [0, 0.05) is 37.5 Å². The Kier molecular flexibility index (Phi) is 11.6. The van der Waals surface area contributed by atoms with E-state index in [-0.39, 0.29) is 50.2 Å². The van der Waals surface area contributed by atoms with E-state index in [1.165, 1.54) is 15.3 Å². The molecule has 0 bridgehead atoms. The van der Waals surface area contributed by atoms with Crippen molar-refractivity contribution < 1.29 is 22.4 Å². The molecule has 1 N–H and O–H groups in total. The monoisotopic (exact) mass is 621 g/mol. The van der Waals surface area contributed by atoms with E-state index in [4.69, 9.17) is 0 Å². The molecule has 0 saturated heterocycles. The molecule has 1 saturated carbocycles. The molecule has 0 spiro atoms. The Labute approximate surface area is 261 Å². The Hall–Kier alpha value is -3.72. The number of carbonyl (C=O) groups excluding carboxylic acids is 2. The standard InChI is InChI=1S/C35H44FN3O4S/c1-26-20-21-27(2)32(23-26)39(44(3,42)43)22-12-19-34(40)38(25-29-15-10-11-18-31(29)36)33(24-28-13-6-4-7-14-28)35(41)37-30-16-8-5-9-17-30/h4,6-7,10-11,13-15,18,20-21,23,30,33H,5,8-9,12,16-17,19,22,24-25H2,1-3H3,(H,37,41)/t33-/m1/s1. The molecule has 44 heavy (non-hydrogen) atoms. The molecule has 1 atom stereocenters. The smallest absolute Gasteiger partial charge is 0.243 e. The highest BCUT2D eigenvalue weighted by Crippen LogP contribution is 2.25. The lowest BCUT2D eigenvalue weighted by atomic mass is 9.94. The normalized spacial score (nSPS) is 14.5. The Morgan fingerprint density at radius 1 is 0.955 bits per heavy atom. The van der Waals surface area contributed by atoms with E-state index in [9.17, 15) is 22.4 Å². The molecule has 9 heteroatoms. The third-order valence-electron chi connectivity index (χ3n) is 8.31. The van der Waals surface area contributed by atoms with Crippen LogP contribution < -0.4 is 9.62 Å². The maximum absolute atomic E-state index is 14.9. The van der Waals surface area contributed by atoms with E-state index in [0.717, 1.165) is 55.1 Å². The Bertz CT molecular complexity index is 1520. The summed E-state index contributed by atoms with van der Waals surface area (Å²) >= 11 is 0. The molecule has 1 fully saturated rings. The number of benzene rings is 3. The second-order valence-corrected chi connectivity index (χ2v) is 13.8. The average Bonchev–Trinajstić information content (AvgIpc) is 2.99. The van der Waals surface area contributed by atoms with Gasteiger partial charge in [-0.3, -0.25) is 13.9 Å². The molecule has 1 aliphatic rings. The third-order valence-corrected chi connectivity index (χ3v) is 9.49. The van der Waals surface area contributed by atoms with E-state index in [1.807, 2.05) is 62.4 Å². The third kappa shape index (κ3) is 9.14. The van der Waals surface area contributed by atoms with Crippen LogP contribution in [0.2, 0.25) is 0 Å². The second-order valence-electron chi connectivity index (χ2n) is 11.9. The molecule has 0 aromatic heterocycles. The molecule has 7 nitrogen and oxygen atoms in total. The molecular formula is C35H44FN3O4S. The van der Waals surface area contributed by atoms with Crippen LogP contribution in [0.25, 0.3) is 0 Å². The molecule has 3 aromatic carbocycles. The van der Waals surface area contributed by atoms with Gasteiger partial charge in [0.1, 0.15) is 11.9 Å². The number of anilines is 1. The first kappa shape index (κ1) is 33.2. The molecule has 0 unspecified atom stereocenters. The summed E-state index contributed by atoms with van der Waals surface area (Å²) in [6.45, 7) is 3.78. The fourth-order valence-electron chi connectivity index (χ4n) is 5.88. The highest BCUT2D eigenvalue weighted by molar-refractivity contribution is 7.92. The molecule has 4 rings (SSSR count). The number of halogens is 1. The van der Waals surface area contributed by atoms with Gasteiger partial charge in [0.2, 0.25) is 21.8 Å². The Balaban J connectivity index is 1.61. The number of rotatable bonds is 13. The van der Waals surface area contributed by atoms with Gasteiger partial charge in [-0.15, -0.1) is 0 Å². The lowest BCUT2D eigenvalue weighted by Gasteiger charge is -2.34. The van der Waals surface area contributed by atoms with Crippen LogP contribution in [0.1, 0.15) is 67.2 Å². The van der Waals surface area contributed by atoms with Crippen LogP contribution in [0.4, 0.5) is 10.1 Å². The number of hydrogen-bond acceptors (Lipinski definition) is 4. The maximum Gasteiger partial charge on any atom is 0.243 e. The highest BCUT2D eigenvalue weighted by Gasteiger charge is 2.32. The summed E-state index contributed by atoms with van der Waals surface area (Å²) in [5.74, 6) is -1.03. The molecule has 1 aliphatic carbocycles. The minimum atomic E-state index is -3.62. The van der Waals surface area contributed by atoms with Crippen molar-refractivity contribution in [3.8, 4) is 0 Å². The van der Waals surface area contributed by atoms with E-state index in [1.54, 1.807) is 18.2 Å². The van der Waals surface area contributed by atoms with Gasteiger partial charge in [0.05, 0.1) is 11.9 Å². The molecule has 2 amide bonds. The highest BCUT2D eigenvalue weighted by atomic mass is 32.2. The van der Waals surface area contributed by atoms with Gasteiger partial charge in [-0.25, -0.2) is 12.8 Å². The molecule has 0 heterocycles. The minimum Gasteiger partial charge on any atom is -0.352 e. The summed E-state index contributed by atoms with van der Waals surface area (Å²) in [7, 11) is -3.62. The number of aryl methyl sites for hydroxylation is 2. The van der Waals surface area contributed by atoms with Crippen LogP contribution in [0.15, 0.2) is 72.8 Å². The number of sulfonamides is 1. The summed E-state index contributed by atoms with van der Waals surface area (Å²) in [6, 6.07) is 20.6. The first-order chi connectivity index (χ1) is 21.0. The van der Waals surface area contributed by atoms with Gasteiger partial charge in [0.25, 0.3) is 0 Å². The summed E-state index contributed by atoms with van der Waals surface area (Å²) < 4.78 is 41.9. The van der Waals surface area contributed by atoms with Gasteiger partial charge in [-0.1, -0.05) is 79.9 Å². The van der Waals surface area contributed by atoms with Crippen LogP contribution in [0.5, 0.6) is 0 Å². The van der Waals surface area contributed by atoms with Crippen LogP contribution >= 0.6 is 0 Å². The lowest BCUT2D eigenvalue weighted by molar-refractivity contribution is -0.141. The van der Waals surface area contributed by atoms with Gasteiger partial charge in [-0.2, -0.15) is 0 Å². The zero-order valence-corrected chi connectivity index (χ0v) is 26.8. The molecule has 236 valence electrons. The van der Waals surface area contributed by atoms with Crippen molar-refractivity contribution >= 4 is 27.5 Å². The molecule has 0 radical (unpaired) electrons. The quantitative estimate of drug-likeness (QED) is 0.251.